The Hall–Kier alpha value is -1.98. The fourth-order valence-corrected chi connectivity index (χ4v) is 2.97. The van der Waals surface area contributed by atoms with E-state index in [0.29, 0.717) is 6.61 Å². The molecule has 1 aromatic carbocycles. The minimum absolute atomic E-state index is 0.258. The lowest BCUT2D eigenvalue weighted by molar-refractivity contribution is -0.0360. The quantitative estimate of drug-likeness (QED) is 0.820. The molecule has 1 saturated heterocycles. The number of rotatable bonds is 6. The van der Waals surface area contributed by atoms with Crippen molar-refractivity contribution < 1.29 is 9.47 Å². The van der Waals surface area contributed by atoms with Crippen LogP contribution in [0, 0.1) is 6.92 Å². The third kappa shape index (κ3) is 4.06. The molecule has 0 radical (unpaired) electrons. The molecule has 0 amide bonds. The van der Waals surface area contributed by atoms with Gasteiger partial charge in [-0.25, -0.2) is 0 Å². The van der Waals surface area contributed by atoms with Crippen molar-refractivity contribution >= 4 is 0 Å². The Kier molecular flexibility index (Phi) is 4.88. The molecule has 0 spiro atoms. The fraction of sp³-hybridized carbons (Fsp3) is 0.444. The molecule has 5 heteroatoms. The Morgan fingerprint density at radius 3 is 2.96 bits per heavy atom. The van der Waals surface area contributed by atoms with Crippen molar-refractivity contribution in [1.82, 2.24) is 14.9 Å². The van der Waals surface area contributed by atoms with Crippen LogP contribution in [-0.2, 0) is 11.3 Å². The second-order valence-corrected chi connectivity index (χ2v) is 6.15. The zero-order chi connectivity index (χ0) is 16.1. The smallest absolute Gasteiger partial charge is 0.119 e. The van der Waals surface area contributed by atoms with Crippen molar-refractivity contribution in [3.05, 3.63) is 54.1 Å². The van der Waals surface area contributed by atoms with Gasteiger partial charge in [-0.2, -0.15) is 0 Å². The van der Waals surface area contributed by atoms with Crippen molar-refractivity contribution in [3.8, 4) is 5.75 Å². The summed E-state index contributed by atoms with van der Waals surface area (Å²) in [5, 5.41) is 0. The summed E-state index contributed by atoms with van der Waals surface area (Å²) in [6.45, 7) is 5.23. The summed E-state index contributed by atoms with van der Waals surface area (Å²) in [5.74, 6) is 0.897. The van der Waals surface area contributed by atoms with Crippen LogP contribution in [0.1, 0.15) is 17.7 Å². The second-order valence-electron chi connectivity index (χ2n) is 6.15. The van der Waals surface area contributed by atoms with Gasteiger partial charge in [0.1, 0.15) is 18.0 Å². The number of ether oxygens (including phenoxy) is 2. The molecule has 1 aliphatic rings. The fourth-order valence-electron chi connectivity index (χ4n) is 2.97. The molecule has 1 aromatic heterocycles. The molecule has 1 fully saturated rings. The molecule has 122 valence electrons. The molecule has 0 bridgehead atoms. The Labute approximate surface area is 137 Å². The highest BCUT2D eigenvalue weighted by molar-refractivity contribution is 5.27. The van der Waals surface area contributed by atoms with Gasteiger partial charge in [-0.1, -0.05) is 12.1 Å². The number of benzene rings is 1. The van der Waals surface area contributed by atoms with Crippen molar-refractivity contribution in [3.63, 3.8) is 0 Å². The van der Waals surface area contributed by atoms with Gasteiger partial charge in [0.05, 0.1) is 5.69 Å². The molecule has 0 aliphatic carbocycles. The van der Waals surface area contributed by atoms with E-state index in [-0.39, 0.29) is 5.60 Å². The number of nitrogens with zero attached hydrogens (tertiary/aromatic N) is 3. The van der Waals surface area contributed by atoms with Gasteiger partial charge in [-0.05, 0) is 31.0 Å². The monoisotopic (exact) mass is 313 g/mol. The molecule has 1 aliphatic heterocycles. The van der Waals surface area contributed by atoms with E-state index in [0.717, 1.165) is 37.5 Å². The van der Waals surface area contributed by atoms with Crippen molar-refractivity contribution in [2.75, 3.05) is 26.8 Å². The average Bonchev–Trinajstić information content (AvgIpc) is 2.98. The number of aryl methyl sites for hydroxylation is 1. The van der Waals surface area contributed by atoms with E-state index in [1.165, 1.54) is 5.56 Å². The predicted molar refractivity (Wildman–Crippen MR) is 88.3 cm³/mol. The number of hydrogen-bond acceptors (Lipinski definition) is 5. The third-order valence-corrected chi connectivity index (χ3v) is 4.32. The summed E-state index contributed by atoms with van der Waals surface area (Å²) >= 11 is 0. The van der Waals surface area contributed by atoms with E-state index < -0.39 is 0 Å². The number of hydrogen-bond donors (Lipinski definition) is 0. The molecule has 0 N–H and O–H groups in total. The zero-order valence-corrected chi connectivity index (χ0v) is 13.7. The van der Waals surface area contributed by atoms with Gasteiger partial charge in [0, 0.05) is 45.3 Å². The predicted octanol–water partition coefficient (Wildman–Crippen LogP) is 2.45. The summed E-state index contributed by atoms with van der Waals surface area (Å²) in [7, 11) is 1.77. The first-order chi connectivity index (χ1) is 11.2. The summed E-state index contributed by atoms with van der Waals surface area (Å²) < 4.78 is 11.8. The van der Waals surface area contributed by atoms with Crippen molar-refractivity contribution in [1.29, 1.82) is 0 Å². The van der Waals surface area contributed by atoms with E-state index in [9.17, 15) is 0 Å². The van der Waals surface area contributed by atoms with Crippen LogP contribution in [0.2, 0.25) is 0 Å². The maximum Gasteiger partial charge on any atom is 0.119 e. The standard InChI is InChI=1S/C18H23N3O2/c1-15-4-3-5-17(10-15)23-14-18(22-2)6-9-21(13-18)12-16-11-19-7-8-20-16/h3-5,7-8,10-11H,6,9,12-14H2,1-2H3. The number of methoxy groups -OCH3 is 1. The van der Waals surface area contributed by atoms with Gasteiger partial charge in [0.2, 0.25) is 0 Å². The SMILES string of the molecule is COC1(COc2cccc(C)c2)CCN(Cc2cnccn2)C1. The van der Waals surface area contributed by atoms with E-state index in [4.69, 9.17) is 9.47 Å². The minimum atomic E-state index is -0.258. The summed E-state index contributed by atoms with van der Waals surface area (Å²) in [6, 6.07) is 8.12. The van der Waals surface area contributed by atoms with Crippen LogP contribution in [0.5, 0.6) is 5.75 Å². The van der Waals surface area contributed by atoms with Gasteiger partial charge >= 0.3 is 0 Å². The Bertz CT molecular complexity index is 635. The molecule has 2 aromatic rings. The molecule has 2 heterocycles. The maximum absolute atomic E-state index is 5.98. The van der Waals surface area contributed by atoms with Crippen LogP contribution in [0.15, 0.2) is 42.9 Å². The number of aromatic nitrogens is 2. The van der Waals surface area contributed by atoms with E-state index in [1.807, 2.05) is 18.3 Å². The molecule has 1 atom stereocenters. The van der Waals surface area contributed by atoms with Crippen LogP contribution in [0.3, 0.4) is 0 Å². The Morgan fingerprint density at radius 1 is 1.30 bits per heavy atom. The minimum Gasteiger partial charge on any atom is -0.491 e. The molecule has 0 saturated carbocycles. The van der Waals surface area contributed by atoms with Crippen molar-refractivity contribution in [2.24, 2.45) is 0 Å². The van der Waals surface area contributed by atoms with E-state index >= 15 is 0 Å². The van der Waals surface area contributed by atoms with Gasteiger partial charge < -0.3 is 9.47 Å². The summed E-state index contributed by atoms with van der Waals surface area (Å²) in [6.07, 6.45) is 6.20. The average molecular weight is 313 g/mol. The van der Waals surface area contributed by atoms with Gasteiger partial charge in [0.15, 0.2) is 0 Å². The van der Waals surface area contributed by atoms with Gasteiger partial charge in [-0.15, -0.1) is 0 Å². The first-order valence-electron chi connectivity index (χ1n) is 7.91. The van der Waals surface area contributed by atoms with Crippen LogP contribution in [0.4, 0.5) is 0 Å². The van der Waals surface area contributed by atoms with E-state index in [1.54, 1.807) is 19.5 Å². The lowest BCUT2D eigenvalue weighted by atomic mass is 10.0. The topological polar surface area (TPSA) is 47.5 Å². The highest BCUT2D eigenvalue weighted by atomic mass is 16.5. The first-order valence-corrected chi connectivity index (χ1v) is 7.91. The first kappa shape index (κ1) is 15.9. The Balaban J connectivity index is 1.59. The summed E-state index contributed by atoms with van der Waals surface area (Å²) in [4.78, 5) is 10.8. The van der Waals surface area contributed by atoms with Gasteiger partial charge in [-0.3, -0.25) is 14.9 Å². The van der Waals surface area contributed by atoms with Crippen LogP contribution in [0.25, 0.3) is 0 Å². The normalized spacial score (nSPS) is 21.5. The van der Waals surface area contributed by atoms with Crippen LogP contribution >= 0.6 is 0 Å². The summed E-state index contributed by atoms with van der Waals surface area (Å²) in [5.41, 5.74) is 1.93. The molecule has 5 nitrogen and oxygen atoms in total. The van der Waals surface area contributed by atoms with Crippen LogP contribution < -0.4 is 4.74 Å². The highest BCUT2D eigenvalue weighted by Crippen LogP contribution is 2.27. The van der Waals surface area contributed by atoms with E-state index in [2.05, 4.69) is 33.9 Å². The second kappa shape index (κ2) is 7.06. The van der Waals surface area contributed by atoms with Crippen LogP contribution in [-0.4, -0.2) is 47.3 Å². The van der Waals surface area contributed by atoms with Gasteiger partial charge in [0.25, 0.3) is 0 Å². The molecular formula is C18H23N3O2. The molecular weight excluding hydrogens is 290 g/mol. The molecule has 3 rings (SSSR count). The van der Waals surface area contributed by atoms with Crippen molar-refractivity contribution in [2.45, 2.75) is 25.5 Å². The molecule has 1 unspecified atom stereocenters. The maximum atomic E-state index is 5.98. The lowest BCUT2D eigenvalue weighted by Gasteiger charge is -2.28. The number of likely N-dealkylation sites (tertiary alicyclic amines) is 1. The lowest BCUT2D eigenvalue weighted by Crippen LogP contribution is -2.41. The third-order valence-electron chi connectivity index (χ3n) is 4.32. The zero-order valence-electron chi connectivity index (χ0n) is 13.7. The Morgan fingerprint density at radius 2 is 2.22 bits per heavy atom. The largest absolute Gasteiger partial charge is 0.491 e. The molecule has 23 heavy (non-hydrogen) atoms. The highest BCUT2D eigenvalue weighted by Gasteiger charge is 2.39.